The Balaban J connectivity index is 1.71. The largest absolute Gasteiger partial charge is 0.318 e. The van der Waals surface area contributed by atoms with E-state index in [0.717, 1.165) is 17.2 Å². The average Bonchev–Trinajstić information content (AvgIpc) is 3.06. The van der Waals surface area contributed by atoms with E-state index in [4.69, 9.17) is 28.2 Å². The molecule has 0 saturated heterocycles. The van der Waals surface area contributed by atoms with Gasteiger partial charge >= 0.3 is 0 Å². The highest BCUT2D eigenvalue weighted by molar-refractivity contribution is 7.99. The molecule has 0 N–H and O–H groups in total. The number of aromatic nitrogens is 4. The van der Waals surface area contributed by atoms with E-state index >= 15 is 0 Å². The fourth-order valence-corrected chi connectivity index (χ4v) is 4.11. The summed E-state index contributed by atoms with van der Waals surface area (Å²) in [4.78, 5) is 22.0. The number of halogens is 2. The molecule has 2 aromatic carbocycles. The smallest absolute Gasteiger partial charge is 0.286 e. The van der Waals surface area contributed by atoms with Gasteiger partial charge < -0.3 is 4.57 Å². The van der Waals surface area contributed by atoms with E-state index in [0.29, 0.717) is 27.0 Å². The predicted molar refractivity (Wildman–Crippen MR) is 115 cm³/mol. The normalized spacial score (nSPS) is 11.2. The highest BCUT2D eigenvalue weighted by Crippen LogP contribution is 2.23. The summed E-state index contributed by atoms with van der Waals surface area (Å²) in [5.74, 6) is 0.769. The SMILES string of the molecule is Cn1cnc2c(=O)n(-c3ccc(Cl)cc3)c(SCCc3ccc(Cl)cc3)nc21. The maximum Gasteiger partial charge on any atom is 0.286 e. The van der Waals surface area contributed by atoms with Gasteiger partial charge in [-0.05, 0) is 48.4 Å². The number of fused-ring (bicyclic) bond motifs is 1. The topological polar surface area (TPSA) is 52.7 Å². The minimum Gasteiger partial charge on any atom is -0.318 e. The van der Waals surface area contributed by atoms with E-state index in [-0.39, 0.29) is 5.56 Å². The third kappa shape index (κ3) is 3.81. The van der Waals surface area contributed by atoms with Gasteiger partial charge in [-0.3, -0.25) is 9.36 Å². The van der Waals surface area contributed by atoms with Gasteiger partial charge in [0.25, 0.3) is 5.56 Å². The van der Waals surface area contributed by atoms with Crippen LogP contribution in [0.2, 0.25) is 10.0 Å². The van der Waals surface area contributed by atoms with E-state index in [2.05, 4.69) is 4.98 Å². The summed E-state index contributed by atoms with van der Waals surface area (Å²) >= 11 is 13.5. The summed E-state index contributed by atoms with van der Waals surface area (Å²) in [6.07, 6.45) is 2.44. The van der Waals surface area contributed by atoms with Gasteiger partial charge in [-0.25, -0.2) is 9.97 Å². The van der Waals surface area contributed by atoms with Crippen molar-refractivity contribution in [2.24, 2.45) is 7.05 Å². The molecule has 0 saturated carbocycles. The lowest BCUT2D eigenvalue weighted by atomic mass is 10.2. The second kappa shape index (κ2) is 7.99. The fraction of sp³-hybridized carbons (Fsp3) is 0.150. The van der Waals surface area contributed by atoms with Gasteiger partial charge in [0, 0.05) is 22.8 Å². The van der Waals surface area contributed by atoms with Crippen molar-refractivity contribution in [3.63, 3.8) is 0 Å². The van der Waals surface area contributed by atoms with Gasteiger partial charge in [0.15, 0.2) is 16.3 Å². The molecular weight excluding hydrogens is 415 g/mol. The van der Waals surface area contributed by atoms with Gasteiger partial charge in [0.2, 0.25) is 0 Å². The fourth-order valence-electron chi connectivity index (χ4n) is 2.87. The molecule has 0 amide bonds. The molecule has 2 heterocycles. The Kier molecular flexibility index (Phi) is 5.44. The van der Waals surface area contributed by atoms with Crippen LogP contribution in [0.25, 0.3) is 16.9 Å². The third-order valence-corrected chi connectivity index (χ3v) is 5.77. The monoisotopic (exact) mass is 430 g/mol. The number of imidazole rings is 1. The molecule has 0 unspecified atom stereocenters. The summed E-state index contributed by atoms with van der Waals surface area (Å²) in [6, 6.07) is 14.9. The zero-order valence-electron chi connectivity index (χ0n) is 15.0. The second-order valence-electron chi connectivity index (χ2n) is 6.26. The van der Waals surface area contributed by atoms with Gasteiger partial charge in [-0.15, -0.1) is 0 Å². The van der Waals surface area contributed by atoms with Crippen LogP contribution in [0, 0.1) is 0 Å². The van der Waals surface area contributed by atoms with Crippen molar-refractivity contribution < 1.29 is 0 Å². The van der Waals surface area contributed by atoms with Crippen LogP contribution in [0.4, 0.5) is 0 Å². The molecule has 0 atom stereocenters. The lowest BCUT2D eigenvalue weighted by molar-refractivity contribution is 0.802. The van der Waals surface area contributed by atoms with Crippen molar-refractivity contribution in [2.75, 3.05) is 5.75 Å². The summed E-state index contributed by atoms with van der Waals surface area (Å²) in [5.41, 5.74) is 2.62. The van der Waals surface area contributed by atoms with Gasteiger partial charge in [0.1, 0.15) is 0 Å². The standard InChI is InChI=1S/C20H16Cl2N4OS/c1-25-12-23-17-18(25)24-20(28-11-10-13-2-4-14(21)5-3-13)26(19(17)27)16-8-6-15(22)7-9-16/h2-9,12H,10-11H2,1H3. The molecule has 0 radical (unpaired) electrons. The van der Waals surface area contributed by atoms with E-state index < -0.39 is 0 Å². The number of nitrogens with zero attached hydrogens (tertiary/aromatic N) is 4. The molecule has 8 heteroatoms. The molecule has 4 aromatic rings. The molecule has 0 aliphatic carbocycles. The number of hydrogen-bond acceptors (Lipinski definition) is 4. The number of rotatable bonds is 5. The Hall–Kier alpha value is -2.28. The molecule has 0 aliphatic rings. The molecule has 0 bridgehead atoms. The summed E-state index contributed by atoms with van der Waals surface area (Å²) in [5, 5.41) is 1.95. The van der Waals surface area contributed by atoms with Crippen molar-refractivity contribution >= 4 is 46.1 Å². The van der Waals surface area contributed by atoms with Crippen LogP contribution in [0.15, 0.2) is 64.8 Å². The second-order valence-corrected chi connectivity index (χ2v) is 8.20. The van der Waals surface area contributed by atoms with Crippen molar-refractivity contribution in [1.29, 1.82) is 0 Å². The Morgan fingerprint density at radius 1 is 1.00 bits per heavy atom. The Morgan fingerprint density at radius 3 is 2.32 bits per heavy atom. The molecule has 0 aliphatic heterocycles. The maximum atomic E-state index is 13.1. The van der Waals surface area contributed by atoms with E-state index in [9.17, 15) is 4.79 Å². The number of thioether (sulfide) groups is 1. The molecule has 142 valence electrons. The van der Waals surface area contributed by atoms with Gasteiger partial charge in [0.05, 0.1) is 12.0 Å². The minimum absolute atomic E-state index is 0.193. The maximum absolute atomic E-state index is 13.1. The summed E-state index contributed by atoms with van der Waals surface area (Å²) < 4.78 is 3.35. The molecule has 0 spiro atoms. The van der Waals surface area contributed by atoms with E-state index in [1.807, 2.05) is 43.4 Å². The van der Waals surface area contributed by atoms with Gasteiger partial charge in [-0.1, -0.05) is 47.1 Å². The zero-order chi connectivity index (χ0) is 19.7. The van der Waals surface area contributed by atoms with E-state index in [1.54, 1.807) is 27.6 Å². The first kappa shape index (κ1) is 19.1. The number of hydrogen-bond donors (Lipinski definition) is 0. The van der Waals surface area contributed by atoms with Crippen molar-refractivity contribution in [2.45, 2.75) is 11.6 Å². The highest BCUT2D eigenvalue weighted by Gasteiger charge is 2.16. The van der Waals surface area contributed by atoms with Crippen LogP contribution in [0.5, 0.6) is 0 Å². The molecular formula is C20H16Cl2N4OS. The lowest BCUT2D eigenvalue weighted by Gasteiger charge is -2.12. The Labute approximate surface area is 176 Å². The summed E-state index contributed by atoms with van der Waals surface area (Å²) in [6.45, 7) is 0. The molecule has 5 nitrogen and oxygen atoms in total. The van der Waals surface area contributed by atoms with Crippen molar-refractivity contribution in [3.05, 3.63) is 80.8 Å². The summed E-state index contributed by atoms with van der Waals surface area (Å²) in [7, 11) is 1.83. The number of aryl methyl sites for hydroxylation is 2. The first-order valence-corrected chi connectivity index (χ1v) is 10.3. The van der Waals surface area contributed by atoms with Gasteiger partial charge in [-0.2, -0.15) is 0 Å². The Morgan fingerprint density at radius 2 is 1.64 bits per heavy atom. The molecule has 0 fully saturated rings. The lowest BCUT2D eigenvalue weighted by Crippen LogP contribution is -2.22. The van der Waals surface area contributed by atoms with E-state index in [1.165, 1.54) is 17.3 Å². The van der Waals surface area contributed by atoms with Crippen LogP contribution in [-0.4, -0.2) is 24.9 Å². The van der Waals surface area contributed by atoms with Crippen LogP contribution in [-0.2, 0) is 13.5 Å². The first-order valence-electron chi connectivity index (χ1n) is 8.60. The Bertz CT molecular complexity index is 1180. The van der Waals surface area contributed by atoms with Crippen molar-refractivity contribution in [3.8, 4) is 5.69 Å². The molecule has 28 heavy (non-hydrogen) atoms. The minimum atomic E-state index is -0.193. The predicted octanol–water partition coefficient (Wildman–Crippen LogP) is 4.76. The van der Waals surface area contributed by atoms with Crippen LogP contribution < -0.4 is 5.56 Å². The first-order chi connectivity index (χ1) is 13.5. The number of benzene rings is 2. The average molecular weight is 431 g/mol. The molecule has 4 rings (SSSR count). The van der Waals surface area contributed by atoms with Crippen LogP contribution in [0.3, 0.4) is 0 Å². The highest BCUT2D eigenvalue weighted by atomic mass is 35.5. The van der Waals surface area contributed by atoms with Crippen LogP contribution >= 0.6 is 35.0 Å². The van der Waals surface area contributed by atoms with Crippen molar-refractivity contribution in [1.82, 2.24) is 19.1 Å². The van der Waals surface area contributed by atoms with Crippen LogP contribution in [0.1, 0.15) is 5.56 Å². The quantitative estimate of drug-likeness (QED) is 0.338. The molecule has 2 aromatic heterocycles. The zero-order valence-corrected chi connectivity index (χ0v) is 17.3. The third-order valence-electron chi connectivity index (χ3n) is 4.32.